The first-order valence-electron chi connectivity index (χ1n) is 11.7. The van der Waals surface area contributed by atoms with Gasteiger partial charge in [0.05, 0.1) is 30.5 Å². The number of benzene rings is 1. The van der Waals surface area contributed by atoms with Crippen molar-refractivity contribution in [3.05, 3.63) is 71.3 Å². The molecule has 1 atom stereocenters. The number of anilines is 1. The molecule has 2 N–H and O–H groups in total. The second-order valence-electron chi connectivity index (χ2n) is 9.31. The molecule has 7 nitrogen and oxygen atoms in total. The fourth-order valence-electron chi connectivity index (χ4n) is 4.80. The van der Waals surface area contributed by atoms with E-state index in [4.69, 9.17) is 10.5 Å². The van der Waals surface area contributed by atoms with E-state index >= 15 is 0 Å². The normalized spacial score (nSPS) is 17.8. The predicted octanol–water partition coefficient (Wildman–Crippen LogP) is 4.90. The molecule has 0 saturated heterocycles. The van der Waals surface area contributed by atoms with Crippen LogP contribution < -0.4 is 5.73 Å². The lowest BCUT2D eigenvalue weighted by Gasteiger charge is -2.36. The zero-order chi connectivity index (χ0) is 25.0. The number of nitrogen functional groups attached to an aromatic ring is 1. The molecule has 1 fully saturated rings. The van der Waals surface area contributed by atoms with Gasteiger partial charge in [0, 0.05) is 46.2 Å². The van der Waals surface area contributed by atoms with Crippen LogP contribution in [0.4, 0.5) is 19.0 Å². The van der Waals surface area contributed by atoms with Crippen molar-refractivity contribution in [1.82, 2.24) is 19.9 Å². The van der Waals surface area contributed by atoms with Crippen molar-refractivity contribution in [1.29, 1.82) is 0 Å². The number of alkyl halides is 3. The molecule has 2 aliphatic rings. The van der Waals surface area contributed by atoms with Gasteiger partial charge in [0.2, 0.25) is 0 Å². The molecule has 0 spiro atoms. The van der Waals surface area contributed by atoms with Gasteiger partial charge in [0.25, 0.3) is 5.91 Å². The lowest BCUT2D eigenvalue weighted by atomic mass is 9.99. The molecule has 36 heavy (non-hydrogen) atoms. The number of amides is 1. The van der Waals surface area contributed by atoms with E-state index in [0.29, 0.717) is 34.9 Å². The van der Waals surface area contributed by atoms with Gasteiger partial charge in [-0.25, -0.2) is 9.97 Å². The highest BCUT2D eigenvalue weighted by molar-refractivity contribution is 6.11. The number of halogens is 3. The average Bonchev–Trinajstić information content (AvgIpc) is 3.70. The van der Waals surface area contributed by atoms with Crippen LogP contribution in [0.5, 0.6) is 0 Å². The maximum Gasteiger partial charge on any atom is 0.433 e. The van der Waals surface area contributed by atoms with Gasteiger partial charge in [-0.05, 0) is 49.1 Å². The molecule has 4 heterocycles. The van der Waals surface area contributed by atoms with Crippen LogP contribution >= 0.6 is 0 Å². The minimum absolute atomic E-state index is 0.0245. The molecule has 10 heteroatoms. The van der Waals surface area contributed by atoms with Gasteiger partial charge in [-0.15, -0.1) is 0 Å². The molecule has 1 unspecified atom stereocenters. The number of hydrogen-bond acceptors (Lipinski definition) is 6. The van der Waals surface area contributed by atoms with Crippen molar-refractivity contribution in [2.24, 2.45) is 5.92 Å². The third-order valence-electron chi connectivity index (χ3n) is 6.83. The quantitative estimate of drug-likeness (QED) is 0.407. The zero-order valence-electron chi connectivity index (χ0n) is 19.1. The molecule has 4 aromatic rings. The summed E-state index contributed by atoms with van der Waals surface area (Å²) in [6.45, 7) is 0.661. The van der Waals surface area contributed by atoms with Crippen molar-refractivity contribution >= 4 is 33.4 Å². The molecule has 1 saturated carbocycles. The molecule has 3 aromatic heterocycles. The highest BCUT2D eigenvalue weighted by atomic mass is 19.4. The summed E-state index contributed by atoms with van der Waals surface area (Å²) in [6, 6.07) is 8.89. The summed E-state index contributed by atoms with van der Waals surface area (Å²) in [5.74, 6) is 0.517. The van der Waals surface area contributed by atoms with E-state index in [9.17, 15) is 18.0 Å². The summed E-state index contributed by atoms with van der Waals surface area (Å²) >= 11 is 0. The third kappa shape index (κ3) is 4.01. The number of nitrogens with two attached hydrogens (primary N) is 1. The molecular formula is C26H22F3N5O2. The van der Waals surface area contributed by atoms with Crippen LogP contribution in [0.15, 0.2) is 48.8 Å². The number of pyridine rings is 3. The second kappa shape index (κ2) is 8.41. The first kappa shape index (κ1) is 22.7. The highest BCUT2D eigenvalue weighted by Crippen LogP contribution is 2.38. The Balaban J connectivity index is 1.41. The summed E-state index contributed by atoms with van der Waals surface area (Å²) in [5.41, 5.74) is 7.04. The Morgan fingerprint density at radius 1 is 1.08 bits per heavy atom. The van der Waals surface area contributed by atoms with Gasteiger partial charge in [-0.3, -0.25) is 9.78 Å². The topological polar surface area (TPSA) is 94.2 Å². The third-order valence-corrected chi connectivity index (χ3v) is 6.83. The van der Waals surface area contributed by atoms with Crippen molar-refractivity contribution in [2.75, 3.05) is 18.9 Å². The summed E-state index contributed by atoms with van der Waals surface area (Å²) in [4.78, 5) is 28.1. The SMILES string of the molecule is Nc1nc2ccc(C(=O)N(CC3CC3)C3COCc4nc(C(F)(F)F)ccc43)cc2c2cnccc12. The standard InChI is InChI=1S/C26H22F3N5O2/c27-26(28,29)23-6-4-17-21(32-23)12-36-13-22(17)34(11-14-1-2-14)25(35)15-3-5-20-18(9-15)19-10-31-8-7-16(19)24(30)33-20/h3-10,14,22H,1-2,11-13H2,(H2,30,33). The highest BCUT2D eigenvalue weighted by Gasteiger charge is 2.38. The molecule has 6 rings (SSSR count). The number of aromatic nitrogens is 3. The Morgan fingerprint density at radius 2 is 1.92 bits per heavy atom. The summed E-state index contributed by atoms with van der Waals surface area (Å²) < 4.78 is 45.3. The van der Waals surface area contributed by atoms with Crippen molar-refractivity contribution < 1.29 is 22.7 Å². The molecule has 1 aliphatic carbocycles. The largest absolute Gasteiger partial charge is 0.433 e. The summed E-state index contributed by atoms with van der Waals surface area (Å²) in [5, 5.41) is 2.29. The predicted molar refractivity (Wildman–Crippen MR) is 127 cm³/mol. The van der Waals surface area contributed by atoms with Crippen molar-refractivity contribution in [3.8, 4) is 0 Å². The molecule has 1 aromatic carbocycles. The minimum atomic E-state index is -4.55. The van der Waals surface area contributed by atoms with E-state index in [2.05, 4.69) is 15.0 Å². The first-order chi connectivity index (χ1) is 17.3. The average molecular weight is 493 g/mol. The van der Waals surface area contributed by atoms with Crippen LogP contribution in [-0.2, 0) is 17.5 Å². The number of ether oxygens (including phenoxy) is 1. The maximum atomic E-state index is 13.9. The van der Waals surface area contributed by atoms with E-state index in [-0.39, 0.29) is 24.8 Å². The van der Waals surface area contributed by atoms with E-state index in [0.717, 1.165) is 35.1 Å². The van der Waals surface area contributed by atoms with E-state index in [1.165, 1.54) is 6.07 Å². The number of fused-ring (bicyclic) bond motifs is 4. The van der Waals surface area contributed by atoms with Gasteiger partial charge >= 0.3 is 6.18 Å². The number of hydrogen-bond donors (Lipinski definition) is 1. The summed E-state index contributed by atoms with van der Waals surface area (Å²) in [6.07, 6.45) is 0.795. The van der Waals surface area contributed by atoms with Gasteiger partial charge in [-0.1, -0.05) is 6.07 Å². The second-order valence-corrected chi connectivity index (χ2v) is 9.31. The van der Waals surface area contributed by atoms with Crippen LogP contribution in [0.2, 0.25) is 0 Å². The van der Waals surface area contributed by atoms with E-state index in [1.807, 2.05) is 0 Å². The van der Waals surface area contributed by atoms with Crippen molar-refractivity contribution in [2.45, 2.75) is 31.7 Å². The zero-order valence-corrected chi connectivity index (χ0v) is 19.1. The molecular weight excluding hydrogens is 471 g/mol. The number of nitrogens with zero attached hydrogens (tertiary/aromatic N) is 4. The Morgan fingerprint density at radius 3 is 2.69 bits per heavy atom. The van der Waals surface area contributed by atoms with Gasteiger partial charge in [0.1, 0.15) is 11.5 Å². The van der Waals surface area contributed by atoms with Gasteiger partial charge < -0.3 is 15.4 Å². The lowest BCUT2D eigenvalue weighted by molar-refractivity contribution is -0.141. The monoisotopic (exact) mass is 493 g/mol. The van der Waals surface area contributed by atoms with Crippen LogP contribution in [-0.4, -0.2) is 38.9 Å². The molecule has 1 aliphatic heterocycles. The number of carbonyl (C=O) groups is 1. The van der Waals surface area contributed by atoms with Gasteiger partial charge in [0.15, 0.2) is 0 Å². The van der Waals surface area contributed by atoms with Crippen LogP contribution in [0.1, 0.15) is 46.2 Å². The Labute approximate surface area is 204 Å². The van der Waals surface area contributed by atoms with E-state index in [1.54, 1.807) is 41.6 Å². The lowest BCUT2D eigenvalue weighted by Crippen LogP contribution is -2.41. The number of carbonyl (C=O) groups excluding carboxylic acids is 1. The van der Waals surface area contributed by atoms with Gasteiger partial charge in [-0.2, -0.15) is 13.2 Å². The van der Waals surface area contributed by atoms with Crippen molar-refractivity contribution in [3.63, 3.8) is 0 Å². The Hall–Kier alpha value is -3.79. The first-order valence-corrected chi connectivity index (χ1v) is 11.7. The van der Waals surface area contributed by atoms with E-state index < -0.39 is 17.9 Å². The molecule has 0 radical (unpaired) electrons. The van der Waals surface area contributed by atoms with Crippen LogP contribution in [0.3, 0.4) is 0 Å². The number of rotatable bonds is 4. The fraction of sp³-hybridized carbons (Fsp3) is 0.308. The smallest absolute Gasteiger partial charge is 0.383 e. The minimum Gasteiger partial charge on any atom is -0.383 e. The fourth-order valence-corrected chi connectivity index (χ4v) is 4.80. The molecule has 184 valence electrons. The molecule has 0 bridgehead atoms. The Bertz CT molecular complexity index is 1500. The van der Waals surface area contributed by atoms with Crippen LogP contribution in [0.25, 0.3) is 21.7 Å². The Kier molecular flexibility index (Phi) is 5.29. The molecule has 1 amide bonds. The summed E-state index contributed by atoms with van der Waals surface area (Å²) in [7, 11) is 0. The van der Waals surface area contributed by atoms with Crippen LogP contribution in [0, 0.1) is 5.92 Å². The maximum absolute atomic E-state index is 13.9.